The first-order chi connectivity index (χ1) is 13.4. The SMILES string of the molecule is CC(C)OCc1ccc(CNC(=O)CCN2C(=O)NC3(CCCC3)C2=O)cc1. The number of nitrogens with zero attached hydrogens (tertiary/aromatic N) is 1. The second-order valence-electron chi connectivity index (χ2n) is 7.88. The third kappa shape index (κ3) is 4.70. The Kier molecular flexibility index (Phi) is 6.34. The van der Waals surface area contributed by atoms with Gasteiger partial charge in [-0.15, -0.1) is 0 Å². The molecular weight excluding hydrogens is 358 g/mol. The van der Waals surface area contributed by atoms with Crippen LogP contribution in [0.25, 0.3) is 0 Å². The van der Waals surface area contributed by atoms with Gasteiger partial charge in [0.15, 0.2) is 0 Å². The zero-order valence-corrected chi connectivity index (χ0v) is 16.6. The number of hydrogen-bond acceptors (Lipinski definition) is 4. The summed E-state index contributed by atoms with van der Waals surface area (Å²) in [5.74, 6) is -0.359. The van der Waals surface area contributed by atoms with Crippen LogP contribution in [0.3, 0.4) is 0 Å². The van der Waals surface area contributed by atoms with Crippen molar-refractivity contribution in [1.29, 1.82) is 0 Å². The molecule has 1 spiro atoms. The summed E-state index contributed by atoms with van der Waals surface area (Å²) in [6, 6.07) is 7.51. The zero-order chi connectivity index (χ0) is 20.1. The van der Waals surface area contributed by atoms with Gasteiger partial charge in [-0.1, -0.05) is 37.1 Å². The molecule has 0 atom stereocenters. The van der Waals surface area contributed by atoms with Crippen molar-refractivity contribution < 1.29 is 19.1 Å². The molecule has 2 fully saturated rings. The van der Waals surface area contributed by atoms with Gasteiger partial charge in [0, 0.05) is 19.5 Å². The maximum Gasteiger partial charge on any atom is 0.325 e. The topological polar surface area (TPSA) is 87.7 Å². The lowest BCUT2D eigenvalue weighted by Gasteiger charge is -2.19. The Balaban J connectivity index is 1.42. The van der Waals surface area contributed by atoms with E-state index in [-0.39, 0.29) is 36.9 Å². The van der Waals surface area contributed by atoms with Crippen LogP contribution in [0, 0.1) is 0 Å². The van der Waals surface area contributed by atoms with Crippen molar-refractivity contribution in [2.75, 3.05) is 6.54 Å². The van der Waals surface area contributed by atoms with Gasteiger partial charge < -0.3 is 15.4 Å². The number of benzene rings is 1. The minimum atomic E-state index is -0.714. The van der Waals surface area contributed by atoms with Crippen molar-refractivity contribution in [3.8, 4) is 0 Å². The van der Waals surface area contributed by atoms with Crippen LogP contribution in [0.5, 0.6) is 0 Å². The van der Waals surface area contributed by atoms with E-state index in [1.165, 1.54) is 4.90 Å². The van der Waals surface area contributed by atoms with E-state index in [1.54, 1.807) is 0 Å². The minimum Gasteiger partial charge on any atom is -0.374 e. The molecular formula is C21H29N3O4. The molecule has 7 nitrogen and oxygen atoms in total. The van der Waals surface area contributed by atoms with Crippen LogP contribution in [-0.4, -0.2) is 40.9 Å². The van der Waals surface area contributed by atoms with Crippen LogP contribution >= 0.6 is 0 Å². The molecule has 1 aliphatic heterocycles. The van der Waals surface area contributed by atoms with Gasteiger partial charge in [0.1, 0.15) is 5.54 Å². The standard InChI is InChI=1S/C21H29N3O4/c1-15(2)28-14-17-7-5-16(6-8-17)13-22-18(25)9-12-24-19(26)21(23-20(24)27)10-3-4-11-21/h5-8,15H,3-4,9-14H2,1-2H3,(H,22,25)(H,23,27). The average Bonchev–Trinajstić information content (AvgIpc) is 3.23. The third-order valence-electron chi connectivity index (χ3n) is 5.36. The zero-order valence-electron chi connectivity index (χ0n) is 16.6. The molecule has 1 heterocycles. The first-order valence-corrected chi connectivity index (χ1v) is 10.00. The van der Waals surface area contributed by atoms with E-state index in [4.69, 9.17) is 4.74 Å². The van der Waals surface area contributed by atoms with Gasteiger partial charge in [-0.3, -0.25) is 14.5 Å². The van der Waals surface area contributed by atoms with Crippen LogP contribution in [0.2, 0.25) is 0 Å². The quantitative estimate of drug-likeness (QED) is 0.671. The maximum absolute atomic E-state index is 12.6. The minimum absolute atomic E-state index is 0.107. The maximum atomic E-state index is 12.6. The van der Waals surface area contributed by atoms with Crippen molar-refractivity contribution in [2.24, 2.45) is 0 Å². The Morgan fingerprint density at radius 3 is 2.46 bits per heavy atom. The fourth-order valence-electron chi connectivity index (χ4n) is 3.72. The Hall–Kier alpha value is -2.41. The normalized spacial score (nSPS) is 18.2. The van der Waals surface area contributed by atoms with Crippen LogP contribution in [0.4, 0.5) is 4.79 Å². The second-order valence-corrected chi connectivity index (χ2v) is 7.88. The van der Waals surface area contributed by atoms with Gasteiger partial charge in [0.2, 0.25) is 5.91 Å². The highest BCUT2D eigenvalue weighted by atomic mass is 16.5. The Bertz CT molecular complexity index is 724. The summed E-state index contributed by atoms with van der Waals surface area (Å²) in [5.41, 5.74) is 1.36. The molecule has 1 aromatic carbocycles. The molecule has 2 N–H and O–H groups in total. The van der Waals surface area contributed by atoms with Crippen molar-refractivity contribution in [3.05, 3.63) is 35.4 Å². The molecule has 0 bridgehead atoms. The van der Waals surface area contributed by atoms with Crippen LogP contribution in [0.1, 0.15) is 57.1 Å². The molecule has 4 amide bonds. The summed E-state index contributed by atoms with van der Waals surface area (Å²) in [5, 5.41) is 5.67. The lowest BCUT2D eigenvalue weighted by atomic mass is 9.98. The van der Waals surface area contributed by atoms with Gasteiger partial charge in [-0.2, -0.15) is 0 Å². The molecule has 0 aromatic heterocycles. The average molecular weight is 387 g/mol. The summed E-state index contributed by atoms with van der Waals surface area (Å²) >= 11 is 0. The number of amides is 4. The number of rotatable bonds is 8. The number of ether oxygens (including phenoxy) is 1. The highest BCUT2D eigenvalue weighted by molar-refractivity contribution is 6.07. The smallest absolute Gasteiger partial charge is 0.325 e. The molecule has 152 valence electrons. The first-order valence-electron chi connectivity index (χ1n) is 10.00. The van der Waals surface area contributed by atoms with Crippen molar-refractivity contribution >= 4 is 17.8 Å². The van der Waals surface area contributed by atoms with Gasteiger partial charge in [-0.25, -0.2) is 4.79 Å². The molecule has 3 rings (SSSR count). The summed E-state index contributed by atoms with van der Waals surface area (Å²) in [4.78, 5) is 38.0. The van der Waals surface area contributed by atoms with E-state index in [2.05, 4.69) is 10.6 Å². The van der Waals surface area contributed by atoms with Gasteiger partial charge in [0.05, 0.1) is 12.7 Å². The van der Waals surface area contributed by atoms with Crippen molar-refractivity contribution in [3.63, 3.8) is 0 Å². The molecule has 7 heteroatoms. The van der Waals surface area contributed by atoms with Gasteiger partial charge in [0.25, 0.3) is 5.91 Å². The molecule has 1 saturated heterocycles. The van der Waals surface area contributed by atoms with E-state index in [9.17, 15) is 14.4 Å². The van der Waals surface area contributed by atoms with Gasteiger partial charge in [-0.05, 0) is 37.8 Å². The number of carbonyl (C=O) groups excluding carboxylic acids is 3. The van der Waals surface area contributed by atoms with Crippen molar-refractivity contribution in [1.82, 2.24) is 15.5 Å². The number of nitrogens with one attached hydrogen (secondary N) is 2. The van der Waals surface area contributed by atoms with E-state index in [1.807, 2.05) is 38.1 Å². The largest absolute Gasteiger partial charge is 0.374 e. The van der Waals surface area contributed by atoms with E-state index < -0.39 is 5.54 Å². The number of urea groups is 1. The molecule has 1 aromatic rings. The molecule has 0 radical (unpaired) electrons. The van der Waals surface area contributed by atoms with Gasteiger partial charge >= 0.3 is 6.03 Å². The van der Waals surface area contributed by atoms with E-state index in [0.29, 0.717) is 26.0 Å². The molecule has 1 saturated carbocycles. The lowest BCUT2D eigenvalue weighted by molar-refractivity contribution is -0.131. The Morgan fingerprint density at radius 2 is 1.82 bits per heavy atom. The van der Waals surface area contributed by atoms with E-state index in [0.717, 1.165) is 24.0 Å². The summed E-state index contributed by atoms with van der Waals surface area (Å²) < 4.78 is 5.56. The lowest BCUT2D eigenvalue weighted by Crippen LogP contribution is -2.44. The highest BCUT2D eigenvalue weighted by Crippen LogP contribution is 2.34. The summed E-state index contributed by atoms with van der Waals surface area (Å²) in [7, 11) is 0. The Morgan fingerprint density at radius 1 is 1.18 bits per heavy atom. The molecule has 28 heavy (non-hydrogen) atoms. The van der Waals surface area contributed by atoms with Crippen molar-refractivity contribution in [2.45, 2.75) is 70.7 Å². The first kappa shape index (κ1) is 20.3. The molecule has 2 aliphatic rings. The van der Waals surface area contributed by atoms with Crippen LogP contribution in [0.15, 0.2) is 24.3 Å². The summed E-state index contributed by atoms with van der Waals surface area (Å²) in [6.07, 6.45) is 3.57. The predicted octanol–water partition coefficient (Wildman–Crippen LogP) is 2.48. The van der Waals surface area contributed by atoms with Crippen LogP contribution < -0.4 is 10.6 Å². The highest BCUT2D eigenvalue weighted by Gasteiger charge is 2.52. The third-order valence-corrected chi connectivity index (χ3v) is 5.36. The number of hydrogen-bond donors (Lipinski definition) is 2. The second kappa shape index (κ2) is 8.73. The number of carbonyl (C=O) groups is 3. The molecule has 0 unspecified atom stereocenters. The van der Waals surface area contributed by atoms with Crippen LogP contribution in [-0.2, 0) is 27.5 Å². The fraction of sp³-hybridized carbons (Fsp3) is 0.571. The predicted molar refractivity (Wildman–Crippen MR) is 104 cm³/mol. The van der Waals surface area contributed by atoms with E-state index >= 15 is 0 Å². The Labute approximate surface area is 165 Å². The number of imide groups is 1. The molecule has 1 aliphatic carbocycles. The summed E-state index contributed by atoms with van der Waals surface area (Å²) in [6.45, 7) is 5.09. The fourth-order valence-corrected chi connectivity index (χ4v) is 3.72. The monoisotopic (exact) mass is 387 g/mol.